The second-order valence-electron chi connectivity index (χ2n) is 4.40. The fourth-order valence-electron chi connectivity index (χ4n) is 2.11. The number of aromatic nitrogens is 4. The fraction of sp³-hybridized carbons (Fsp3) is 0.308. The van der Waals surface area contributed by atoms with Crippen LogP contribution in [0, 0.1) is 6.92 Å². The summed E-state index contributed by atoms with van der Waals surface area (Å²) in [5.74, 6) is 0.874. The smallest absolute Gasteiger partial charge is 0.271 e. The van der Waals surface area contributed by atoms with Crippen molar-refractivity contribution in [1.29, 1.82) is 0 Å². The number of nitrogens with zero attached hydrogens (tertiary/aromatic N) is 4. The Labute approximate surface area is 114 Å². The molecular weight excluding hydrogens is 260 g/mol. The van der Waals surface area contributed by atoms with E-state index in [9.17, 15) is 4.79 Å². The first-order valence-electron chi connectivity index (χ1n) is 6.14. The topological polar surface area (TPSA) is 52.7 Å². The zero-order chi connectivity index (χ0) is 13.4. The minimum atomic E-state index is 0.00810. The van der Waals surface area contributed by atoms with Gasteiger partial charge in [-0.3, -0.25) is 9.36 Å². The molecule has 0 spiro atoms. The van der Waals surface area contributed by atoms with E-state index in [0.29, 0.717) is 6.54 Å². The number of thiophene rings is 1. The van der Waals surface area contributed by atoms with E-state index >= 15 is 0 Å². The maximum Gasteiger partial charge on any atom is 0.271 e. The third-order valence-electron chi connectivity index (χ3n) is 3.18. The van der Waals surface area contributed by atoms with E-state index < -0.39 is 0 Å². The molecule has 0 aromatic carbocycles. The van der Waals surface area contributed by atoms with Crippen LogP contribution in [-0.4, -0.2) is 19.1 Å². The summed E-state index contributed by atoms with van der Waals surface area (Å²) >= 11 is 1.45. The van der Waals surface area contributed by atoms with Crippen molar-refractivity contribution in [2.45, 2.75) is 26.9 Å². The van der Waals surface area contributed by atoms with Gasteiger partial charge in [0, 0.05) is 18.9 Å². The Morgan fingerprint density at radius 3 is 2.95 bits per heavy atom. The maximum atomic E-state index is 12.4. The summed E-state index contributed by atoms with van der Waals surface area (Å²) in [5, 5.41) is 1.97. The highest BCUT2D eigenvalue weighted by Gasteiger charge is 2.10. The molecule has 0 fully saturated rings. The Hall–Kier alpha value is -1.95. The van der Waals surface area contributed by atoms with Gasteiger partial charge in [0.2, 0.25) is 0 Å². The first kappa shape index (κ1) is 12.1. The Kier molecular flexibility index (Phi) is 2.94. The van der Waals surface area contributed by atoms with Gasteiger partial charge in [-0.2, -0.15) is 0 Å². The highest BCUT2D eigenvalue weighted by atomic mass is 32.1. The van der Waals surface area contributed by atoms with Gasteiger partial charge < -0.3 is 4.57 Å². The van der Waals surface area contributed by atoms with Gasteiger partial charge in [-0.25, -0.2) is 9.97 Å². The Morgan fingerprint density at radius 1 is 1.32 bits per heavy atom. The van der Waals surface area contributed by atoms with Gasteiger partial charge >= 0.3 is 0 Å². The van der Waals surface area contributed by atoms with Crippen molar-refractivity contribution < 1.29 is 0 Å². The van der Waals surface area contributed by atoms with Crippen molar-refractivity contribution in [2.24, 2.45) is 0 Å². The molecule has 0 aliphatic carbocycles. The first-order chi connectivity index (χ1) is 9.20. The molecule has 5 nitrogen and oxygen atoms in total. The monoisotopic (exact) mass is 274 g/mol. The van der Waals surface area contributed by atoms with Crippen LogP contribution in [0.2, 0.25) is 0 Å². The molecule has 6 heteroatoms. The number of fused-ring (bicyclic) bond motifs is 1. The summed E-state index contributed by atoms with van der Waals surface area (Å²) in [4.78, 5) is 21.0. The van der Waals surface area contributed by atoms with E-state index in [1.54, 1.807) is 17.1 Å². The quantitative estimate of drug-likeness (QED) is 0.734. The summed E-state index contributed by atoms with van der Waals surface area (Å²) in [5.41, 5.74) is 1.87. The predicted octanol–water partition coefficient (Wildman–Crippen LogP) is 2.03. The molecule has 0 radical (unpaired) electrons. The zero-order valence-electron chi connectivity index (χ0n) is 10.8. The maximum absolute atomic E-state index is 12.4. The fourth-order valence-corrected chi connectivity index (χ4v) is 3.05. The molecule has 0 N–H and O–H groups in total. The number of aryl methyl sites for hydroxylation is 2. The van der Waals surface area contributed by atoms with Crippen molar-refractivity contribution in [3.63, 3.8) is 0 Å². The van der Waals surface area contributed by atoms with E-state index in [-0.39, 0.29) is 5.56 Å². The van der Waals surface area contributed by atoms with Crippen LogP contribution in [-0.2, 0) is 13.1 Å². The van der Waals surface area contributed by atoms with Gasteiger partial charge in [0.15, 0.2) is 0 Å². The molecule has 3 aromatic heterocycles. The summed E-state index contributed by atoms with van der Waals surface area (Å²) in [6.07, 6.45) is 5.28. The van der Waals surface area contributed by atoms with E-state index in [2.05, 4.69) is 16.9 Å². The van der Waals surface area contributed by atoms with Gasteiger partial charge in [-0.1, -0.05) is 0 Å². The summed E-state index contributed by atoms with van der Waals surface area (Å²) in [7, 11) is 0. The molecule has 0 saturated carbocycles. The zero-order valence-corrected chi connectivity index (χ0v) is 11.6. The van der Waals surface area contributed by atoms with Crippen molar-refractivity contribution in [3.05, 3.63) is 45.8 Å². The second-order valence-corrected chi connectivity index (χ2v) is 5.28. The molecule has 0 amide bonds. The van der Waals surface area contributed by atoms with E-state index in [0.717, 1.165) is 28.1 Å². The van der Waals surface area contributed by atoms with E-state index in [4.69, 9.17) is 0 Å². The van der Waals surface area contributed by atoms with Crippen molar-refractivity contribution in [1.82, 2.24) is 19.1 Å². The van der Waals surface area contributed by atoms with Crippen molar-refractivity contribution >= 4 is 21.6 Å². The largest absolute Gasteiger partial charge is 0.334 e. The van der Waals surface area contributed by atoms with Crippen LogP contribution < -0.4 is 5.56 Å². The number of imidazole rings is 1. The standard InChI is InChI=1S/C13H14N4OS/c1-3-16-5-4-14-10(16)6-17-8-15-11-9(2)7-19-12(11)13(17)18/h4-5,7-8H,3,6H2,1-2H3. The third kappa shape index (κ3) is 1.98. The Balaban J connectivity index is 2.07. The van der Waals surface area contributed by atoms with Gasteiger partial charge in [-0.15, -0.1) is 11.3 Å². The number of hydrogen-bond donors (Lipinski definition) is 0. The van der Waals surface area contributed by atoms with Gasteiger partial charge in [0.1, 0.15) is 10.5 Å². The van der Waals surface area contributed by atoms with Crippen molar-refractivity contribution in [2.75, 3.05) is 0 Å². The average Bonchev–Trinajstić information content (AvgIpc) is 3.00. The molecule has 0 atom stereocenters. The lowest BCUT2D eigenvalue weighted by Gasteiger charge is -2.07. The molecule has 0 aliphatic rings. The van der Waals surface area contributed by atoms with Gasteiger partial charge in [-0.05, 0) is 24.8 Å². The molecule has 0 saturated heterocycles. The number of hydrogen-bond acceptors (Lipinski definition) is 4. The van der Waals surface area contributed by atoms with Crippen molar-refractivity contribution in [3.8, 4) is 0 Å². The van der Waals surface area contributed by atoms with E-state index in [1.165, 1.54) is 11.3 Å². The Bertz CT molecular complexity index is 783. The van der Waals surface area contributed by atoms with Gasteiger partial charge in [0.25, 0.3) is 5.56 Å². The average molecular weight is 274 g/mol. The number of rotatable bonds is 3. The molecular formula is C13H14N4OS. The molecule has 19 heavy (non-hydrogen) atoms. The SMILES string of the molecule is CCn1ccnc1Cn1cnc2c(C)csc2c1=O. The minimum absolute atomic E-state index is 0.00810. The Morgan fingerprint density at radius 2 is 2.16 bits per heavy atom. The van der Waals surface area contributed by atoms with Crippen LogP contribution in [0.4, 0.5) is 0 Å². The lowest BCUT2D eigenvalue weighted by atomic mass is 10.3. The minimum Gasteiger partial charge on any atom is -0.334 e. The van der Waals surface area contributed by atoms with Crippen LogP contribution in [0.1, 0.15) is 18.3 Å². The van der Waals surface area contributed by atoms with Crippen LogP contribution >= 0.6 is 11.3 Å². The predicted molar refractivity (Wildman–Crippen MR) is 75.6 cm³/mol. The van der Waals surface area contributed by atoms with Crippen LogP contribution in [0.25, 0.3) is 10.2 Å². The first-order valence-corrected chi connectivity index (χ1v) is 7.02. The van der Waals surface area contributed by atoms with Crippen LogP contribution in [0.5, 0.6) is 0 Å². The van der Waals surface area contributed by atoms with Crippen LogP contribution in [0.15, 0.2) is 28.9 Å². The molecule has 3 heterocycles. The molecule has 0 unspecified atom stereocenters. The second kappa shape index (κ2) is 4.62. The summed E-state index contributed by atoms with van der Waals surface area (Å²) in [6.45, 7) is 5.33. The highest BCUT2D eigenvalue weighted by molar-refractivity contribution is 7.17. The molecule has 3 aromatic rings. The van der Waals surface area contributed by atoms with Gasteiger partial charge in [0.05, 0.1) is 18.4 Å². The lowest BCUT2D eigenvalue weighted by molar-refractivity contribution is 0.636. The summed E-state index contributed by atoms with van der Waals surface area (Å²) in [6, 6.07) is 0. The molecule has 0 aliphatic heterocycles. The van der Waals surface area contributed by atoms with E-state index in [1.807, 2.05) is 23.1 Å². The molecule has 3 rings (SSSR count). The summed E-state index contributed by atoms with van der Waals surface area (Å²) < 4.78 is 4.36. The third-order valence-corrected chi connectivity index (χ3v) is 4.25. The molecule has 0 bridgehead atoms. The normalized spacial score (nSPS) is 11.3. The highest BCUT2D eigenvalue weighted by Crippen LogP contribution is 2.19. The molecule has 98 valence electrons. The lowest BCUT2D eigenvalue weighted by Crippen LogP contribution is -2.22. The van der Waals surface area contributed by atoms with Crippen LogP contribution in [0.3, 0.4) is 0 Å².